The Morgan fingerprint density at radius 2 is 1.53 bits per heavy atom. The largest absolute Gasteiger partial charge is 0.413 e. The maximum Gasteiger partial charge on any atom is 0.192 e. The van der Waals surface area contributed by atoms with Gasteiger partial charge in [-0.2, -0.15) is 0 Å². The monoisotopic (exact) mass is 538 g/mol. The van der Waals surface area contributed by atoms with Gasteiger partial charge in [0.2, 0.25) is 0 Å². The molecule has 0 bridgehead atoms. The van der Waals surface area contributed by atoms with E-state index in [4.69, 9.17) is 8.85 Å². The molecule has 10 atom stereocenters. The summed E-state index contributed by atoms with van der Waals surface area (Å²) in [7, 11) is -4.38. The minimum atomic E-state index is -2.23. The van der Waals surface area contributed by atoms with Gasteiger partial charge >= 0.3 is 0 Å². The van der Waals surface area contributed by atoms with Crippen LogP contribution in [0.4, 0.5) is 0 Å². The minimum absolute atomic E-state index is 0.000856. The smallest absolute Gasteiger partial charge is 0.192 e. The van der Waals surface area contributed by atoms with E-state index in [1.54, 1.807) is 6.92 Å². The van der Waals surface area contributed by atoms with Crippen molar-refractivity contribution in [3.63, 3.8) is 0 Å². The molecule has 0 aromatic carbocycles. The third-order valence-electron chi connectivity index (χ3n) is 10.9. The highest BCUT2D eigenvalue weighted by Crippen LogP contribution is 2.75. The fourth-order valence-electron chi connectivity index (χ4n) is 8.21. The Kier molecular flexibility index (Phi) is 6.45. The van der Waals surface area contributed by atoms with Crippen LogP contribution in [0.3, 0.4) is 0 Å². The van der Waals surface area contributed by atoms with Gasteiger partial charge in [-0.15, -0.1) is 0 Å². The predicted molar refractivity (Wildman–Crippen MR) is 151 cm³/mol. The normalized spacial score (nSPS) is 48.4. The van der Waals surface area contributed by atoms with Crippen LogP contribution in [-0.4, -0.2) is 61.0 Å². The van der Waals surface area contributed by atoms with Crippen molar-refractivity contribution in [1.29, 1.82) is 0 Å². The predicted octanol–water partition coefficient (Wildman–Crippen LogP) is 5.72. The van der Waals surface area contributed by atoms with Gasteiger partial charge in [0.05, 0.1) is 23.4 Å². The van der Waals surface area contributed by atoms with E-state index >= 15 is 0 Å². The van der Waals surface area contributed by atoms with Gasteiger partial charge in [-0.05, 0) is 85.9 Å². The second-order valence-electron chi connectivity index (χ2n) is 16.3. The Hall–Kier alpha value is -0.0262. The Morgan fingerprint density at radius 1 is 0.972 bits per heavy atom. The number of hydrogen-bond donors (Lipinski definition) is 3. The molecule has 36 heavy (non-hydrogen) atoms. The first kappa shape index (κ1) is 29.0. The van der Waals surface area contributed by atoms with Gasteiger partial charge < -0.3 is 24.2 Å². The molecule has 0 aromatic heterocycles. The summed E-state index contributed by atoms with van der Waals surface area (Å²) in [5.41, 5.74) is -2.66. The van der Waals surface area contributed by atoms with Gasteiger partial charge in [-0.25, -0.2) is 0 Å². The summed E-state index contributed by atoms with van der Waals surface area (Å²) in [4.78, 5) is 0. The van der Waals surface area contributed by atoms with E-state index in [9.17, 15) is 15.3 Å². The van der Waals surface area contributed by atoms with Gasteiger partial charge in [0.25, 0.3) is 0 Å². The van der Waals surface area contributed by atoms with Crippen LogP contribution in [-0.2, 0) is 8.85 Å². The quantitative estimate of drug-likeness (QED) is 0.315. The van der Waals surface area contributed by atoms with Crippen molar-refractivity contribution in [1.82, 2.24) is 0 Å². The van der Waals surface area contributed by atoms with Crippen molar-refractivity contribution in [2.75, 3.05) is 0 Å². The Bertz CT molecular complexity index is 929. The molecule has 5 nitrogen and oxygen atoms in total. The van der Waals surface area contributed by atoms with Gasteiger partial charge in [-0.3, -0.25) is 0 Å². The maximum absolute atomic E-state index is 12.4. The molecule has 0 amide bonds. The topological polar surface area (TPSA) is 79.2 Å². The molecule has 3 saturated carbocycles. The lowest BCUT2D eigenvalue weighted by Crippen LogP contribution is -2.62. The summed E-state index contributed by atoms with van der Waals surface area (Å²) >= 11 is 0. The van der Waals surface area contributed by atoms with E-state index < -0.39 is 39.5 Å². The number of aliphatic hydroxyl groups is 3. The van der Waals surface area contributed by atoms with Crippen LogP contribution in [0.1, 0.15) is 68.2 Å². The molecule has 4 aliphatic rings. The molecule has 3 N–H and O–H groups in total. The lowest BCUT2D eigenvalue weighted by atomic mass is 9.62. The maximum atomic E-state index is 12.4. The molecule has 0 radical (unpaired) electrons. The average molecular weight is 539 g/mol. The number of fused-ring (bicyclic) bond motifs is 5. The lowest BCUT2D eigenvalue weighted by molar-refractivity contribution is -0.108. The highest BCUT2D eigenvalue weighted by Gasteiger charge is 2.77. The van der Waals surface area contributed by atoms with E-state index in [-0.39, 0.29) is 40.7 Å². The van der Waals surface area contributed by atoms with E-state index in [2.05, 4.69) is 81.2 Å². The van der Waals surface area contributed by atoms with Gasteiger partial charge in [0, 0.05) is 18.3 Å². The van der Waals surface area contributed by atoms with Gasteiger partial charge in [0.1, 0.15) is 5.60 Å². The minimum Gasteiger partial charge on any atom is -0.413 e. The van der Waals surface area contributed by atoms with Crippen LogP contribution < -0.4 is 0 Å². The molecule has 3 fully saturated rings. The molecule has 0 aliphatic heterocycles. The van der Waals surface area contributed by atoms with E-state index in [0.717, 1.165) is 12.0 Å². The first-order valence-electron chi connectivity index (χ1n) is 14.2. The second kappa shape index (κ2) is 8.01. The van der Waals surface area contributed by atoms with Crippen molar-refractivity contribution in [2.24, 2.45) is 35.0 Å². The van der Waals surface area contributed by atoms with E-state index in [1.165, 1.54) is 0 Å². The van der Waals surface area contributed by atoms with Crippen LogP contribution in [0, 0.1) is 35.0 Å². The van der Waals surface area contributed by atoms with Crippen molar-refractivity contribution < 1.29 is 24.2 Å². The molecular formula is C29H54O5Si2. The fourth-order valence-corrected chi connectivity index (χ4v) is 11.1. The highest BCUT2D eigenvalue weighted by atomic mass is 28.4. The average Bonchev–Trinajstić information content (AvgIpc) is 3.08. The molecule has 4 aliphatic carbocycles. The molecular weight excluding hydrogens is 484 g/mol. The second-order valence-corrected chi connectivity index (χ2v) is 25.5. The standard InChI is InChI=1S/C29H54O5Si2/c1-17-14-19-21(26(19,6)7)22-23(33-36(12,13)25(3,4)5)18(2)24(30)28(32)16-27(8,31)15-20(28)29(17,22)34-35(9,10)11/h15,17-19,21-24,30-32H,14,16H2,1-13H3/t17-,18+,19-,21?,22?,23-,24-,27-,28+,29+/m1/s1. The van der Waals surface area contributed by atoms with Crippen molar-refractivity contribution >= 4 is 16.6 Å². The van der Waals surface area contributed by atoms with Gasteiger partial charge in [-0.1, -0.05) is 48.5 Å². The summed E-state index contributed by atoms with van der Waals surface area (Å²) in [6.45, 7) is 28.9. The number of aliphatic hydroxyl groups excluding tert-OH is 1. The zero-order valence-electron chi connectivity index (χ0n) is 25.2. The SMILES string of the molecule is C[C@@H]1[C@@H](O)[C@]2(O)C[C@](C)(O)C=C2[C@]2(O[Si](C)(C)C)C(C3[C@@H](C[C@H]2C)C3(C)C)[C@@H]1O[Si](C)(C)C(C)(C)C. The van der Waals surface area contributed by atoms with Gasteiger partial charge in [0.15, 0.2) is 16.6 Å². The third-order valence-corrected chi connectivity index (χ3v) is 16.3. The van der Waals surface area contributed by atoms with Crippen LogP contribution in [0.25, 0.3) is 0 Å². The molecule has 0 aromatic rings. The van der Waals surface area contributed by atoms with Crippen molar-refractivity contribution in [3.8, 4) is 0 Å². The molecule has 0 heterocycles. The molecule has 208 valence electrons. The van der Waals surface area contributed by atoms with E-state index in [0.29, 0.717) is 11.8 Å². The number of hydrogen-bond acceptors (Lipinski definition) is 5. The lowest BCUT2D eigenvalue weighted by Gasteiger charge is -2.56. The molecule has 7 heteroatoms. The molecule has 4 rings (SSSR count). The highest BCUT2D eigenvalue weighted by molar-refractivity contribution is 6.74. The molecule has 2 unspecified atom stereocenters. The Morgan fingerprint density at radius 3 is 2.03 bits per heavy atom. The molecule has 0 spiro atoms. The summed E-state index contributed by atoms with van der Waals surface area (Å²) in [6.07, 6.45) is 1.67. The Balaban J connectivity index is 2.03. The van der Waals surface area contributed by atoms with Crippen molar-refractivity contribution in [2.45, 2.75) is 135 Å². The van der Waals surface area contributed by atoms with E-state index in [1.807, 2.05) is 6.08 Å². The first-order valence-corrected chi connectivity index (χ1v) is 20.5. The summed E-state index contributed by atoms with van der Waals surface area (Å²) in [5, 5.41) is 35.7. The summed E-state index contributed by atoms with van der Waals surface area (Å²) in [5.74, 6) is 0.774. The molecule has 0 saturated heterocycles. The third kappa shape index (κ3) is 4.10. The van der Waals surface area contributed by atoms with Crippen molar-refractivity contribution in [3.05, 3.63) is 11.6 Å². The van der Waals surface area contributed by atoms with Crippen LogP contribution >= 0.6 is 0 Å². The zero-order chi connectivity index (χ0) is 27.7. The van der Waals surface area contributed by atoms with Crippen LogP contribution in [0.15, 0.2) is 11.6 Å². The first-order chi connectivity index (χ1) is 15.9. The Labute approximate surface area is 222 Å². The zero-order valence-corrected chi connectivity index (χ0v) is 27.2. The summed E-state index contributed by atoms with van der Waals surface area (Å²) in [6, 6.07) is 0. The van der Waals surface area contributed by atoms with Crippen LogP contribution in [0.2, 0.25) is 37.8 Å². The fraction of sp³-hybridized carbons (Fsp3) is 0.931. The van der Waals surface area contributed by atoms with Crippen LogP contribution in [0.5, 0.6) is 0 Å². The number of rotatable bonds is 4. The summed E-state index contributed by atoms with van der Waals surface area (Å²) < 4.78 is 14.7.